The van der Waals surface area contributed by atoms with Crippen LogP contribution in [0.1, 0.15) is 24.0 Å². The first-order chi connectivity index (χ1) is 10.3. The van der Waals surface area contributed by atoms with Crippen LogP contribution in [-0.4, -0.2) is 11.8 Å². The van der Waals surface area contributed by atoms with E-state index in [0.717, 1.165) is 16.8 Å². The van der Waals surface area contributed by atoms with Crippen LogP contribution >= 0.6 is 0 Å². The van der Waals surface area contributed by atoms with Crippen LogP contribution in [0.3, 0.4) is 0 Å². The first-order valence-electron chi connectivity index (χ1n) is 6.80. The largest absolute Gasteiger partial charge is 0.266 e. The number of hydrogen-bond acceptors (Lipinski definition) is 3. The molecule has 2 rings (SSSR count). The third-order valence-corrected chi connectivity index (χ3v) is 3.06. The van der Waals surface area contributed by atoms with E-state index in [0.29, 0.717) is 12.8 Å². The molecule has 2 aromatic carbocycles. The van der Waals surface area contributed by atoms with Crippen molar-refractivity contribution < 1.29 is 0 Å². The second-order valence-electron chi connectivity index (χ2n) is 4.55. The standard InChI is InChI=1S/C18H15N3/c19-13-7-12-17(14-20)21-18(15-8-3-1-4-9-15)16-10-5-2-6-11-16/h1-6,8-11,17H,7,12H2. The number of benzene rings is 2. The number of hydrogen-bond donors (Lipinski definition) is 0. The number of nitriles is 2. The van der Waals surface area contributed by atoms with Crippen molar-refractivity contribution in [1.82, 2.24) is 0 Å². The molecule has 3 heteroatoms. The molecule has 0 aliphatic rings. The quantitative estimate of drug-likeness (QED) is 0.779. The lowest BCUT2D eigenvalue weighted by Crippen LogP contribution is -2.10. The van der Waals surface area contributed by atoms with Gasteiger partial charge in [0.25, 0.3) is 0 Å². The summed E-state index contributed by atoms with van der Waals surface area (Å²) >= 11 is 0. The fourth-order valence-corrected chi connectivity index (χ4v) is 2.02. The molecule has 1 unspecified atom stereocenters. The fraction of sp³-hybridized carbons (Fsp3) is 0.167. The molecular formula is C18H15N3. The lowest BCUT2D eigenvalue weighted by Gasteiger charge is -2.10. The van der Waals surface area contributed by atoms with Gasteiger partial charge in [-0.25, -0.2) is 0 Å². The Balaban J connectivity index is 2.42. The van der Waals surface area contributed by atoms with Crippen molar-refractivity contribution in [3.63, 3.8) is 0 Å². The average Bonchev–Trinajstić information content (AvgIpc) is 2.57. The van der Waals surface area contributed by atoms with Gasteiger partial charge in [0.1, 0.15) is 6.04 Å². The lowest BCUT2D eigenvalue weighted by molar-refractivity contribution is 0.752. The van der Waals surface area contributed by atoms with E-state index in [1.54, 1.807) is 0 Å². The highest BCUT2D eigenvalue weighted by atomic mass is 14.8. The number of nitrogens with zero attached hydrogens (tertiary/aromatic N) is 3. The SMILES string of the molecule is N#CCCC(C#N)N=C(c1ccccc1)c1ccccc1. The molecule has 0 aliphatic carbocycles. The molecule has 1 atom stereocenters. The Morgan fingerprint density at radius 1 is 0.905 bits per heavy atom. The fourth-order valence-electron chi connectivity index (χ4n) is 2.02. The molecule has 0 saturated carbocycles. The Bertz CT molecular complexity index is 634. The van der Waals surface area contributed by atoms with Crippen molar-refractivity contribution in [3.05, 3.63) is 71.8 Å². The highest BCUT2D eigenvalue weighted by Crippen LogP contribution is 2.13. The van der Waals surface area contributed by atoms with Gasteiger partial charge in [-0.2, -0.15) is 10.5 Å². The molecule has 0 bridgehead atoms. The predicted octanol–water partition coefficient (Wildman–Crippen LogP) is 3.72. The van der Waals surface area contributed by atoms with Gasteiger partial charge in [0, 0.05) is 17.5 Å². The summed E-state index contributed by atoms with van der Waals surface area (Å²) < 4.78 is 0. The molecule has 2 aromatic rings. The van der Waals surface area contributed by atoms with E-state index in [4.69, 9.17) is 5.26 Å². The van der Waals surface area contributed by atoms with Crippen LogP contribution in [0.2, 0.25) is 0 Å². The molecule has 0 aliphatic heterocycles. The summed E-state index contributed by atoms with van der Waals surface area (Å²) in [6, 6.07) is 23.3. The molecule has 0 amide bonds. The normalized spacial score (nSPS) is 11.0. The summed E-state index contributed by atoms with van der Waals surface area (Å²) in [5, 5.41) is 17.9. The third kappa shape index (κ3) is 4.03. The van der Waals surface area contributed by atoms with Gasteiger partial charge in [0.05, 0.1) is 17.9 Å². The Hall–Kier alpha value is -2.91. The summed E-state index contributed by atoms with van der Waals surface area (Å²) in [6.07, 6.45) is 0.786. The highest BCUT2D eigenvalue weighted by Gasteiger charge is 2.11. The molecule has 3 nitrogen and oxygen atoms in total. The molecule has 0 aromatic heterocycles. The van der Waals surface area contributed by atoms with Gasteiger partial charge in [0.2, 0.25) is 0 Å². The van der Waals surface area contributed by atoms with E-state index in [9.17, 15) is 5.26 Å². The Morgan fingerprint density at radius 2 is 1.43 bits per heavy atom. The van der Waals surface area contributed by atoms with Crippen LogP contribution in [0.4, 0.5) is 0 Å². The zero-order valence-corrected chi connectivity index (χ0v) is 11.6. The zero-order chi connectivity index (χ0) is 14.9. The molecule has 0 N–H and O–H groups in total. The van der Waals surface area contributed by atoms with E-state index < -0.39 is 6.04 Å². The monoisotopic (exact) mass is 273 g/mol. The minimum absolute atomic E-state index is 0.332. The second kappa shape index (κ2) is 7.62. The molecule has 0 spiro atoms. The predicted molar refractivity (Wildman–Crippen MR) is 82.8 cm³/mol. The molecule has 0 heterocycles. The molecule has 0 saturated heterocycles. The van der Waals surface area contributed by atoms with Crippen molar-refractivity contribution in [2.45, 2.75) is 18.9 Å². The molecular weight excluding hydrogens is 258 g/mol. The molecule has 0 radical (unpaired) electrons. The van der Waals surface area contributed by atoms with Gasteiger partial charge in [-0.05, 0) is 6.42 Å². The minimum Gasteiger partial charge on any atom is -0.266 e. The molecule has 0 fully saturated rings. The first-order valence-corrected chi connectivity index (χ1v) is 6.80. The van der Waals surface area contributed by atoms with Crippen molar-refractivity contribution in [2.24, 2.45) is 4.99 Å². The lowest BCUT2D eigenvalue weighted by atomic mass is 10.0. The minimum atomic E-state index is -0.500. The van der Waals surface area contributed by atoms with Crippen molar-refractivity contribution in [2.75, 3.05) is 0 Å². The molecule has 21 heavy (non-hydrogen) atoms. The van der Waals surface area contributed by atoms with Crippen molar-refractivity contribution in [1.29, 1.82) is 10.5 Å². The van der Waals surface area contributed by atoms with Crippen LogP contribution in [0, 0.1) is 22.7 Å². The van der Waals surface area contributed by atoms with E-state index in [-0.39, 0.29) is 0 Å². The second-order valence-corrected chi connectivity index (χ2v) is 4.55. The van der Waals surface area contributed by atoms with Gasteiger partial charge < -0.3 is 0 Å². The van der Waals surface area contributed by atoms with E-state index in [1.807, 2.05) is 60.7 Å². The van der Waals surface area contributed by atoms with E-state index >= 15 is 0 Å². The Morgan fingerprint density at radius 3 is 1.86 bits per heavy atom. The summed E-state index contributed by atoms with van der Waals surface area (Å²) in [4.78, 5) is 4.58. The van der Waals surface area contributed by atoms with Crippen molar-refractivity contribution in [3.8, 4) is 12.1 Å². The van der Waals surface area contributed by atoms with E-state index in [2.05, 4.69) is 17.1 Å². The maximum Gasteiger partial charge on any atom is 0.138 e. The summed E-state index contributed by atoms with van der Waals surface area (Å²) in [6.45, 7) is 0. The van der Waals surface area contributed by atoms with Crippen LogP contribution < -0.4 is 0 Å². The smallest absolute Gasteiger partial charge is 0.138 e. The van der Waals surface area contributed by atoms with Gasteiger partial charge in [-0.1, -0.05) is 60.7 Å². The third-order valence-electron chi connectivity index (χ3n) is 3.06. The first kappa shape index (κ1) is 14.5. The highest BCUT2D eigenvalue weighted by molar-refractivity contribution is 6.13. The number of aliphatic imine (C=N–C) groups is 1. The molecule has 102 valence electrons. The summed E-state index contributed by atoms with van der Waals surface area (Å²) in [5.74, 6) is 0. The van der Waals surface area contributed by atoms with Gasteiger partial charge in [-0.3, -0.25) is 4.99 Å². The maximum atomic E-state index is 9.23. The van der Waals surface area contributed by atoms with Gasteiger partial charge in [-0.15, -0.1) is 0 Å². The van der Waals surface area contributed by atoms with Crippen LogP contribution in [-0.2, 0) is 0 Å². The van der Waals surface area contributed by atoms with Gasteiger partial charge in [0.15, 0.2) is 0 Å². The zero-order valence-electron chi connectivity index (χ0n) is 11.6. The summed E-state index contributed by atoms with van der Waals surface area (Å²) in [5.41, 5.74) is 2.74. The van der Waals surface area contributed by atoms with Crippen LogP contribution in [0.5, 0.6) is 0 Å². The average molecular weight is 273 g/mol. The van der Waals surface area contributed by atoms with Gasteiger partial charge >= 0.3 is 0 Å². The maximum absolute atomic E-state index is 9.23. The number of rotatable bonds is 5. The topological polar surface area (TPSA) is 59.9 Å². The van der Waals surface area contributed by atoms with E-state index in [1.165, 1.54) is 0 Å². The Labute approximate surface area is 124 Å². The van der Waals surface area contributed by atoms with Crippen LogP contribution in [0.15, 0.2) is 65.7 Å². The van der Waals surface area contributed by atoms with Crippen LogP contribution in [0.25, 0.3) is 0 Å². The Kier molecular flexibility index (Phi) is 5.26. The summed E-state index contributed by atoms with van der Waals surface area (Å²) in [7, 11) is 0. The van der Waals surface area contributed by atoms with Crippen molar-refractivity contribution >= 4 is 5.71 Å².